The van der Waals surface area contributed by atoms with E-state index in [1.165, 1.54) is 10.4 Å². The molecule has 0 amide bonds. The highest BCUT2D eigenvalue weighted by molar-refractivity contribution is 7.98. The molecular formula is C13H20N4S2. The van der Waals surface area contributed by atoms with Crippen molar-refractivity contribution in [3.63, 3.8) is 0 Å². The highest BCUT2D eigenvalue weighted by Gasteiger charge is 2.13. The van der Waals surface area contributed by atoms with Crippen LogP contribution in [0.15, 0.2) is 0 Å². The zero-order valence-corrected chi connectivity index (χ0v) is 13.5. The summed E-state index contributed by atoms with van der Waals surface area (Å²) in [5, 5.41) is 1.03. The summed E-state index contributed by atoms with van der Waals surface area (Å²) in [5.41, 5.74) is 7.29. The van der Waals surface area contributed by atoms with Crippen molar-refractivity contribution in [2.75, 3.05) is 31.3 Å². The fraction of sp³-hybridized carbons (Fsp3) is 0.538. The van der Waals surface area contributed by atoms with E-state index in [-0.39, 0.29) is 0 Å². The molecule has 0 bridgehead atoms. The highest BCUT2D eigenvalue weighted by atomic mass is 32.2. The van der Waals surface area contributed by atoms with Gasteiger partial charge in [-0.2, -0.15) is 11.8 Å². The van der Waals surface area contributed by atoms with E-state index in [9.17, 15) is 0 Å². The number of thioether (sulfide) groups is 1. The number of rotatable bonds is 5. The van der Waals surface area contributed by atoms with Crippen molar-refractivity contribution in [2.45, 2.75) is 20.4 Å². The molecule has 0 aromatic carbocycles. The summed E-state index contributed by atoms with van der Waals surface area (Å²) >= 11 is 3.54. The molecule has 0 aliphatic carbocycles. The molecule has 0 radical (unpaired) electrons. The van der Waals surface area contributed by atoms with Crippen molar-refractivity contribution in [3.05, 3.63) is 16.3 Å². The third-order valence-electron chi connectivity index (χ3n) is 3.19. The van der Waals surface area contributed by atoms with Crippen LogP contribution in [0.2, 0.25) is 0 Å². The third-order valence-corrected chi connectivity index (χ3v) is 4.88. The molecule has 0 fully saturated rings. The molecule has 2 heterocycles. The van der Waals surface area contributed by atoms with Gasteiger partial charge in [0.15, 0.2) is 0 Å². The lowest BCUT2D eigenvalue weighted by molar-refractivity contribution is 0.340. The standard InChI is InChI=1S/C13H20N4S2/c1-8-9(2)19-13-11(8)12(14)15-10(16-13)7-17(3)5-6-18-4/h5-7H2,1-4H3,(H2,14,15,16). The molecular weight excluding hydrogens is 276 g/mol. The lowest BCUT2D eigenvalue weighted by Crippen LogP contribution is -2.22. The summed E-state index contributed by atoms with van der Waals surface area (Å²) in [6.45, 7) is 5.96. The number of aryl methyl sites for hydroxylation is 2. The molecule has 19 heavy (non-hydrogen) atoms. The van der Waals surface area contributed by atoms with Gasteiger partial charge in [0, 0.05) is 17.2 Å². The van der Waals surface area contributed by atoms with Gasteiger partial charge in [-0.25, -0.2) is 9.97 Å². The number of anilines is 1. The zero-order valence-electron chi connectivity index (χ0n) is 11.9. The Labute approximate surface area is 122 Å². The quantitative estimate of drug-likeness (QED) is 0.919. The third kappa shape index (κ3) is 3.19. The fourth-order valence-electron chi connectivity index (χ4n) is 1.96. The van der Waals surface area contributed by atoms with Crippen LogP contribution in [0.3, 0.4) is 0 Å². The van der Waals surface area contributed by atoms with Gasteiger partial charge >= 0.3 is 0 Å². The largest absolute Gasteiger partial charge is 0.383 e. The Morgan fingerprint density at radius 3 is 2.74 bits per heavy atom. The number of hydrogen-bond acceptors (Lipinski definition) is 6. The molecule has 2 aromatic rings. The van der Waals surface area contributed by atoms with Crippen molar-refractivity contribution in [2.24, 2.45) is 0 Å². The summed E-state index contributed by atoms with van der Waals surface area (Å²) in [7, 11) is 2.09. The van der Waals surface area contributed by atoms with Crippen LogP contribution in [0.25, 0.3) is 10.2 Å². The van der Waals surface area contributed by atoms with Crippen LogP contribution in [0.5, 0.6) is 0 Å². The molecule has 0 aliphatic heterocycles. The molecule has 0 saturated carbocycles. The first-order valence-corrected chi connectivity index (χ1v) is 8.43. The van der Waals surface area contributed by atoms with Crippen LogP contribution in [0, 0.1) is 13.8 Å². The van der Waals surface area contributed by atoms with Gasteiger partial charge < -0.3 is 5.73 Å². The number of thiophene rings is 1. The summed E-state index contributed by atoms with van der Waals surface area (Å²) in [4.78, 5) is 13.6. The second-order valence-electron chi connectivity index (χ2n) is 4.72. The first kappa shape index (κ1) is 14.6. The maximum absolute atomic E-state index is 6.08. The number of aromatic nitrogens is 2. The van der Waals surface area contributed by atoms with Gasteiger partial charge in [0.25, 0.3) is 0 Å². The van der Waals surface area contributed by atoms with Gasteiger partial charge in [-0.15, -0.1) is 11.3 Å². The number of hydrogen-bond donors (Lipinski definition) is 1. The first-order valence-electron chi connectivity index (χ1n) is 6.22. The summed E-state index contributed by atoms with van der Waals surface area (Å²) in [6.07, 6.45) is 2.12. The van der Waals surface area contributed by atoms with Crippen LogP contribution in [-0.4, -0.2) is 40.5 Å². The number of nitrogens with two attached hydrogens (primary N) is 1. The molecule has 6 heteroatoms. The van der Waals surface area contributed by atoms with Crippen LogP contribution in [-0.2, 0) is 6.54 Å². The van der Waals surface area contributed by atoms with Crippen LogP contribution < -0.4 is 5.73 Å². The molecule has 2 N–H and O–H groups in total. The summed E-state index contributed by atoms with van der Waals surface area (Å²) < 4.78 is 0. The predicted molar refractivity (Wildman–Crippen MR) is 86.0 cm³/mol. The molecule has 4 nitrogen and oxygen atoms in total. The smallest absolute Gasteiger partial charge is 0.146 e. The maximum Gasteiger partial charge on any atom is 0.146 e. The van der Waals surface area contributed by atoms with Gasteiger partial charge in [-0.05, 0) is 32.7 Å². The maximum atomic E-state index is 6.08. The summed E-state index contributed by atoms with van der Waals surface area (Å²) in [6, 6.07) is 0. The predicted octanol–water partition coefficient (Wildman–Crippen LogP) is 2.69. The Bertz CT molecular complexity index is 580. The van der Waals surface area contributed by atoms with Crippen LogP contribution in [0.1, 0.15) is 16.3 Å². The number of fused-ring (bicyclic) bond motifs is 1. The topological polar surface area (TPSA) is 55.0 Å². The minimum atomic E-state index is 0.611. The van der Waals surface area contributed by atoms with E-state index in [1.54, 1.807) is 11.3 Å². The van der Waals surface area contributed by atoms with Crippen molar-refractivity contribution >= 4 is 39.1 Å². The lowest BCUT2D eigenvalue weighted by Gasteiger charge is -2.14. The van der Waals surface area contributed by atoms with E-state index < -0.39 is 0 Å². The molecule has 0 saturated heterocycles. The summed E-state index contributed by atoms with van der Waals surface area (Å²) in [5.74, 6) is 2.54. The average molecular weight is 296 g/mol. The van der Waals surface area contributed by atoms with E-state index >= 15 is 0 Å². The second-order valence-corrected chi connectivity index (χ2v) is 6.91. The minimum absolute atomic E-state index is 0.611. The van der Waals surface area contributed by atoms with E-state index in [0.717, 1.165) is 34.9 Å². The Balaban J connectivity index is 2.26. The zero-order chi connectivity index (χ0) is 14.0. The Morgan fingerprint density at radius 1 is 1.32 bits per heavy atom. The van der Waals surface area contributed by atoms with E-state index in [4.69, 9.17) is 5.73 Å². The van der Waals surface area contributed by atoms with Crippen molar-refractivity contribution in [3.8, 4) is 0 Å². The van der Waals surface area contributed by atoms with Gasteiger partial charge in [0.2, 0.25) is 0 Å². The molecule has 0 aliphatic rings. The molecule has 104 valence electrons. The molecule has 2 rings (SSSR count). The minimum Gasteiger partial charge on any atom is -0.383 e. The Morgan fingerprint density at radius 2 is 2.05 bits per heavy atom. The van der Waals surface area contributed by atoms with Crippen molar-refractivity contribution in [1.82, 2.24) is 14.9 Å². The Kier molecular flexibility index (Phi) is 4.65. The monoisotopic (exact) mass is 296 g/mol. The average Bonchev–Trinajstić information content (AvgIpc) is 2.62. The second kappa shape index (κ2) is 6.07. The number of nitrogen functional groups attached to an aromatic ring is 1. The van der Waals surface area contributed by atoms with E-state index in [1.807, 2.05) is 11.8 Å². The molecule has 0 spiro atoms. The van der Waals surface area contributed by atoms with E-state index in [0.29, 0.717) is 5.82 Å². The first-order chi connectivity index (χ1) is 9.02. The molecule has 0 unspecified atom stereocenters. The molecule has 0 atom stereocenters. The van der Waals surface area contributed by atoms with Crippen LogP contribution >= 0.6 is 23.1 Å². The fourth-order valence-corrected chi connectivity index (χ4v) is 3.52. The van der Waals surface area contributed by atoms with Gasteiger partial charge in [0.05, 0.1) is 11.9 Å². The normalized spacial score (nSPS) is 11.6. The van der Waals surface area contributed by atoms with Gasteiger partial charge in [-0.1, -0.05) is 0 Å². The lowest BCUT2D eigenvalue weighted by atomic mass is 10.2. The SMILES string of the molecule is CSCCN(C)Cc1nc(N)c2c(C)c(C)sc2n1. The Hall–Kier alpha value is -0.850. The highest BCUT2D eigenvalue weighted by Crippen LogP contribution is 2.31. The van der Waals surface area contributed by atoms with Gasteiger partial charge in [-0.3, -0.25) is 4.90 Å². The van der Waals surface area contributed by atoms with Gasteiger partial charge in [0.1, 0.15) is 16.5 Å². The van der Waals surface area contributed by atoms with Crippen LogP contribution in [0.4, 0.5) is 5.82 Å². The molecule has 2 aromatic heterocycles. The number of nitrogens with zero attached hydrogens (tertiary/aromatic N) is 3. The van der Waals surface area contributed by atoms with Crippen molar-refractivity contribution < 1.29 is 0 Å². The van der Waals surface area contributed by atoms with Crippen molar-refractivity contribution in [1.29, 1.82) is 0 Å². The van der Waals surface area contributed by atoms with E-state index in [2.05, 4.69) is 42.0 Å².